The zero-order valence-electron chi connectivity index (χ0n) is 21.6. The smallest absolute Gasteiger partial charge is 0.193 e. The molecule has 4 fully saturated rings. The van der Waals surface area contributed by atoms with E-state index in [0.29, 0.717) is 0 Å². The normalized spacial score (nSPS) is 48.0. The van der Waals surface area contributed by atoms with E-state index in [2.05, 4.69) is 0 Å². The van der Waals surface area contributed by atoms with Crippen LogP contribution in [0.1, 0.15) is 60.8 Å². The molecule has 0 bridgehead atoms. The van der Waals surface area contributed by atoms with Gasteiger partial charge in [-0.1, -0.05) is 13.0 Å². The second kappa shape index (κ2) is 8.35. The van der Waals surface area contributed by atoms with Gasteiger partial charge in [0, 0.05) is 16.7 Å². The van der Waals surface area contributed by atoms with Crippen LogP contribution in [0, 0.1) is 22.7 Å². The third-order valence-electron chi connectivity index (χ3n) is 9.18. The summed E-state index contributed by atoms with van der Waals surface area (Å²) < 4.78 is 44.8. The van der Waals surface area contributed by atoms with Gasteiger partial charge < -0.3 is 24.5 Å². The van der Waals surface area contributed by atoms with Crippen molar-refractivity contribution in [2.75, 3.05) is 6.61 Å². The van der Waals surface area contributed by atoms with Crippen LogP contribution < -0.4 is 0 Å². The predicted octanol–water partition coefficient (Wildman–Crippen LogP) is 2.96. The molecule has 1 heterocycles. The molecule has 5 rings (SSSR count). The molecule has 9 heteroatoms. The molecular formula is C27H36F2O7. The van der Waals surface area contributed by atoms with Gasteiger partial charge in [-0.2, -0.15) is 0 Å². The van der Waals surface area contributed by atoms with Crippen molar-refractivity contribution in [2.45, 2.75) is 96.2 Å². The number of fused-ring (bicyclic) bond motifs is 7. The number of aliphatic hydroxyl groups excluding tert-OH is 2. The molecule has 0 aromatic carbocycles. The Bertz CT molecular complexity index is 1050. The number of carbonyl (C=O) groups is 3. The Labute approximate surface area is 209 Å². The number of ketones is 3. The number of hydrogen-bond donors (Lipinski definition) is 2. The summed E-state index contributed by atoms with van der Waals surface area (Å²) in [6.45, 7) is 8.93. The molecule has 0 radical (unpaired) electrons. The van der Waals surface area contributed by atoms with Crippen molar-refractivity contribution in [1.82, 2.24) is 0 Å². The predicted molar refractivity (Wildman–Crippen MR) is 125 cm³/mol. The van der Waals surface area contributed by atoms with Gasteiger partial charge in [0.15, 0.2) is 28.6 Å². The minimum atomic E-state index is -2.24. The van der Waals surface area contributed by atoms with Crippen molar-refractivity contribution in [3.05, 3.63) is 23.8 Å². The van der Waals surface area contributed by atoms with E-state index in [1.807, 2.05) is 0 Å². The lowest BCUT2D eigenvalue weighted by molar-refractivity contribution is -0.248. The Morgan fingerprint density at radius 2 is 1.75 bits per heavy atom. The Morgan fingerprint density at radius 3 is 2.33 bits per heavy atom. The zero-order chi connectivity index (χ0) is 27.1. The monoisotopic (exact) mass is 510 g/mol. The molecule has 3 saturated carbocycles. The van der Waals surface area contributed by atoms with Crippen LogP contribution in [0.2, 0.25) is 0 Å². The maximum absolute atomic E-state index is 17.1. The first-order chi connectivity index (χ1) is 16.5. The Balaban J connectivity index is 0.000000709. The second-order valence-corrected chi connectivity index (χ2v) is 11.9. The van der Waals surface area contributed by atoms with Crippen molar-refractivity contribution in [2.24, 2.45) is 22.7 Å². The number of ether oxygens (including phenoxy) is 2. The fraction of sp³-hybridized carbons (Fsp3) is 0.741. The maximum Gasteiger partial charge on any atom is 0.193 e. The zero-order valence-corrected chi connectivity index (χ0v) is 21.6. The molecule has 0 aromatic rings. The topological polar surface area (TPSA) is 110 Å². The Hall–Kier alpha value is -1.81. The van der Waals surface area contributed by atoms with E-state index >= 15 is 8.78 Å². The third kappa shape index (κ3) is 3.38. The van der Waals surface area contributed by atoms with Gasteiger partial charge in [-0.15, -0.1) is 0 Å². The number of halogens is 2. The van der Waals surface area contributed by atoms with Crippen molar-refractivity contribution in [3.8, 4) is 0 Å². The van der Waals surface area contributed by atoms with E-state index in [4.69, 9.17) is 9.47 Å². The highest BCUT2D eigenvalue weighted by molar-refractivity contribution is 6.01. The highest BCUT2D eigenvalue weighted by Crippen LogP contribution is 2.72. The summed E-state index contributed by atoms with van der Waals surface area (Å²) in [7, 11) is 0. The molecule has 5 aliphatic rings. The minimum Gasteiger partial charge on any atom is -0.390 e. The van der Waals surface area contributed by atoms with E-state index in [-0.39, 0.29) is 30.6 Å². The molecule has 0 spiro atoms. The molecule has 0 aromatic heterocycles. The fourth-order valence-electron chi connectivity index (χ4n) is 7.92. The van der Waals surface area contributed by atoms with Crippen LogP contribution in [0.5, 0.6) is 0 Å². The van der Waals surface area contributed by atoms with Crippen LogP contribution in [-0.2, 0) is 23.9 Å². The van der Waals surface area contributed by atoms with Crippen LogP contribution in [0.4, 0.5) is 8.78 Å². The average molecular weight is 511 g/mol. The van der Waals surface area contributed by atoms with E-state index < -0.39 is 76.3 Å². The minimum absolute atomic E-state index is 0.0550. The maximum atomic E-state index is 17.1. The lowest BCUT2D eigenvalue weighted by Crippen LogP contribution is -2.71. The average Bonchev–Trinajstić information content (AvgIpc) is 3.17. The van der Waals surface area contributed by atoms with Gasteiger partial charge in [0.25, 0.3) is 0 Å². The molecule has 0 amide bonds. The summed E-state index contributed by atoms with van der Waals surface area (Å²) in [6.07, 6.45) is -0.151. The molecule has 4 aliphatic carbocycles. The molecule has 0 unspecified atom stereocenters. The van der Waals surface area contributed by atoms with Crippen LogP contribution in [0.15, 0.2) is 23.8 Å². The first-order valence-corrected chi connectivity index (χ1v) is 12.5. The number of allylic oxidation sites excluding steroid dienone is 4. The van der Waals surface area contributed by atoms with Crippen molar-refractivity contribution < 1.29 is 42.9 Å². The van der Waals surface area contributed by atoms with Crippen molar-refractivity contribution in [3.63, 3.8) is 0 Å². The summed E-state index contributed by atoms with van der Waals surface area (Å²) >= 11 is 0. The van der Waals surface area contributed by atoms with Gasteiger partial charge >= 0.3 is 0 Å². The number of rotatable bonds is 2. The van der Waals surface area contributed by atoms with E-state index in [1.165, 1.54) is 32.9 Å². The Morgan fingerprint density at radius 1 is 1.14 bits per heavy atom. The second-order valence-electron chi connectivity index (χ2n) is 11.9. The number of Topliss-reactive ketones (excluding diaryl/α,β-unsaturated/α-hetero) is 2. The molecule has 200 valence electrons. The molecular weight excluding hydrogens is 474 g/mol. The summed E-state index contributed by atoms with van der Waals surface area (Å²) in [5.74, 6) is -3.36. The van der Waals surface area contributed by atoms with Gasteiger partial charge in [0.2, 0.25) is 0 Å². The molecule has 2 N–H and O–H groups in total. The van der Waals surface area contributed by atoms with Gasteiger partial charge in [0.05, 0.1) is 12.2 Å². The summed E-state index contributed by atoms with van der Waals surface area (Å²) in [4.78, 5) is 34.5. The van der Waals surface area contributed by atoms with E-state index in [1.54, 1.807) is 20.8 Å². The van der Waals surface area contributed by atoms with Crippen LogP contribution in [0.3, 0.4) is 0 Å². The number of hydrogen-bond acceptors (Lipinski definition) is 7. The Kier molecular flexibility index (Phi) is 6.31. The van der Waals surface area contributed by atoms with Crippen LogP contribution in [0.25, 0.3) is 0 Å². The molecule has 9 atom stereocenters. The molecule has 36 heavy (non-hydrogen) atoms. The first-order valence-electron chi connectivity index (χ1n) is 12.5. The van der Waals surface area contributed by atoms with Crippen molar-refractivity contribution in [1.29, 1.82) is 0 Å². The lowest BCUT2D eigenvalue weighted by Gasteiger charge is -2.63. The standard InChI is InChI=1S/C24H30F2O6.C3H6O/c1-20(2)31-19-9-13-14-8-16(25)15-7-12(28)5-6-21(15,3)23(14,26)17(29)10-22(13,4)24(19,32-20)18(30)11-27;1-3(2)4/h5-7,13-14,16-17,19,27,29H,8-11H2,1-4H3;1-2H3/t13-,14-,16-,17-,19+,21-,22-,23-,24+;/m0./s1. The van der Waals surface area contributed by atoms with E-state index in [9.17, 15) is 24.6 Å². The lowest BCUT2D eigenvalue weighted by atomic mass is 9.44. The molecule has 7 nitrogen and oxygen atoms in total. The largest absolute Gasteiger partial charge is 0.390 e. The fourth-order valence-corrected chi connectivity index (χ4v) is 7.92. The molecule has 1 saturated heterocycles. The first kappa shape index (κ1) is 27.2. The van der Waals surface area contributed by atoms with Gasteiger partial charge in [-0.3, -0.25) is 9.59 Å². The molecule has 1 aliphatic heterocycles. The highest BCUT2D eigenvalue weighted by atomic mass is 19.1. The SMILES string of the molecule is CC(C)=O.CC1(C)O[C@@H]2C[C@H]3[C@@H]4C[C@H](F)C5=CC(=O)C=C[C@]5(C)[C@@]4(F)[C@@H](O)C[C@]3(C)[C@]2(C(=O)CO)O1. The van der Waals surface area contributed by atoms with Gasteiger partial charge in [0.1, 0.15) is 18.6 Å². The number of alkyl halides is 2. The van der Waals surface area contributed by atoms with Gasteiger partial charge in [-0.25, -0.2) is 8.78 Å². The van der Waals surface area contributed by atoms with Crippen LogP contribution >= 0.6 is 0 Å². The highest BCUT2D eigenvalue weighted by Gasteiger charge is 2.80. The van der Waals surface area contributed by atoms with Crippen LogP contribution in [-0.4, -0.2) is 69.6 Å². The van der Waals surface area contributed by atoms with E-state index in [0.717, 1.165) is 6.08 Å². The van der Waals surface area contributed by atoms with Crippen molar-refractivity contribution >= 4 is 17.3 Å². The quantitative estimate of drug-likeness (QED) is 0.588. The van der Waals surface area contributed by atoms with Gasteiger partial charge in [-0.05, 0) is 77.5 Å². The number of aliphatic hydroxyl groups is 2. The summed E-state index contributed by atoms with van der Waals surface area (Å²) in [5, 5.41) is 21.1. The summed E-state index contributed by atoms with van der Waals surface area (Å²) in [5.41, 5.74) is -6.30. The number of carbonyl (C=O) groups excluding carboxylic acids is 3. The summed E-state index contributed by atoms with van der Waals surface area (Å²) in [6, 6.07) is 0. The third-order valence-corrected chi connectivity index (χ3v) is 9.18.